The highest BCUT2D eigenvalue weighted by molar-refractivity contribution is 5.81. The summed E-state index contributed by atoms with van der Waals surface area (Å²) >= 11 is 0. The largest absolute Gasteiger partial charge is 0.355 e. The van der Waals surface area contributed by atoms with E-state index in [0.717, 1.165) is 19.4 Å². The van der Waals surface area contributed by atoms with Gasteiger partial charge in [0, 0.05) is 19.3 Å². The summed E-state index contributed by atoms with van der Waals surface area (Å²) in [5.74, 6) is 0.142. The van der Waals surface area contributed by atoms with E-state index in [1.54, 1.807) is 17.1 Å². The Morgan fingerprint density at radius 2 is 2.35 bits per heavy atom. The average Bonchev–Trinajstić information content (AvgIpc) is 2.85. The molecule has 0 saturated carbocycles. The van der Waals surface area contributed by atoms with Crippen LogP contribution in [0.2, 0.25) is 0 Å². The average molecular weight is 239 g/mol. The summed E-state index contributed by atoms with van der Waals surface area (Å²) in [6.45, 7) is 5.38. The van der Waals surface area contributed by atoms with Gasteiger partial charge in [-0.05, 0) is 12.3 Å². The van der Waals surface area contributed by atoms with Crippen molar-refractivity contribution in [1.82, 2.24) is 20.3 Å². The molecule has 0 aliphatic carbocycles. The minimum absolute atomic E-state index is 0.0714. The van der Waals surface area contributed by atoms with E-state index >= 15 is 0 Å². The molecule has 6 heteroatoms. The van der Waals surface area contributed by atoms with Crippen LogP contribution in [0.1, 0.15) is 26.7 Å². The summed E-state index contributed by atoms with van der Waals surface area (Å²) in [7, 11) is 0. The fourth-order valence-electron chi connectivity index (χ4n) is 1.43. The van der Waals surface area contributed by atoms with Gasteiger partial charge < -0.3 is 11.1 Å². The molecule has 1 rings (SSSR count). The summed E-state index contributed by atoms with van der Waals surface area (Å²) < 4.78 is 1.74. The van der Waals surface area contributed by atoms with Crippen LogP contribution in [0.3, 0.4) is 0 Å². The molecule has 1 aromatic heterocycles. The smallest absolute Gasteiger partial charge is 0.237 e. The van der Waals surface area contributed by atoms with E-state index in [-0.39, 0.29) is 11.8 Å². The molecule has 96 valence electrons. The van der Waals surface area contributed by atoms with E-state index < -0.39 is 6.04 Å². The second kappa shape index (κ2) is 7.01. The van der Waals surface area contributed by atoms with Crippen molar-refractivity contribution in [3.63, 3.8) is 0 Å². The number of carbonyl (C=O) groups is 1. The molecule has 2 unspecified atom stereocenters. The maximum atomic E-state index is 11.6. The van der Waals surface area contributed by atoms with Crippen LogP contribution in [-0.2, 0) is 11.3 Å². The number of nitrogens with one attached hydrogen (secondary N) is 1. The van der Waals surface area contributed by atoms with Crippen molar-refractivity contribution in [1.29, 1.82) is 0 Å². The Labute approximate surface area is 102 Å². The molecule has 6 nitrogen and oxygen atoms in total. The Bertz CT molecular complexity index is 325. The number of aromatic nitrogens is 3. The van der Waals surface area contributed by atoms with Crippen molar-refractivity contribution < 1.29 is 4.79 Å². The highest BCUT2D eigenvalue weighted by atomic mass is 16.2. The Hall–Kier alpha value is -1.43. The van der Waals surface area contributed by atoms with Gasteiger partial charge in [0.15, 0.2) is 0 Å². The Morgan fingerprint density at radius 1 is 1.59 bits per heavy atom. The molecule has 0 aliphatic rings. The first-order valence-corrected chi connectivity index (χ1v) is 6.02. The molecular weight excluding hydrogens is 218 g/mol. The van der Waals surface area contributed by atoms with E-state index in [1.165, 1.54) is 0 Å². The van der Waals surface area contributed by atoms with Crippen molar-refractivity contribution in [2.75, 3.05) is 6.54 Å². The number of nitrogens with zero attached hydrogens (tertiary/aromatic N) is 3. The second-order valence-corrected chi connectivity index (χ2v) is 4.22. The third-order valence-corrected chi connectivity index (χ3v) is 2.89. The highest BCUT2D eigenvalue weighted by Crippen LogP contribution is 2.04. The van der Waals surface area contributed by atoms with Gasteiger partial charge in [-0.2, -0.15) is 0 Å². The number of carbonyl (C=O) groups excluding carboxylic acids is 1. The van der Waals surface area contributed by atoms with E-state index in [0.29, 0.717) is 6.54 Å². The van der Waals surface area contributed by atoms with Gasteiger partial charge in [-0.3, -0.25) is 9.48 Å². The van der Waals surface area contributed by atoms with Gasteiger partial charge in [0.25, 0.3) is 0 Å². The number of aryl methyl sites for hydroxylation is 1. The number of hydrogen-bond donors (Lipinski definition) is 2. The third-order valence-electron chi connectivity index (χ3n) is 2.89. The first-order chi connectivity index (χ1) is 8.15. The lowest BCUT2D eigenvalue weighted by Crippen LogP contribution is -2.44. The zero-order chi connectivity index (χ0) is 12.7. The topological polar surface area (TPSA) is 85.8 Å². The van der Waals surface area contributed by atoms with E-state index in [4.69, 9.17) is 5.73 Å². The van der Waals surface area contributed by atoms with Crippen molar-refractivity contribution in [3.05, 3.63) is 12.4 Å². The maximum absolute atomic E-state index is 11.6. The lowest BCUT2D eigenvalue weighted by molar-refractivity contribution is -0.123. The van der Waals surface area contributed by atoms with Gasteiger partial charge in [-0.1, -0.05) is 25.5 Å². The fraction of sp³-hybridized carbons (Fsp3) is 0.727. The van der Waals surface area contributed by atoms with Crippen molar-refractivity contribution in [2.24, 2.45) is 11.7 Å². The molecule has 0 spiro atoms. The lowest BCUT2D eigenvalue weighted by atomic mass is 9.99. The molecule has 1 amide bonds. The molecule has 3 N–H and O–H groups in total. The molecule has 0 aliphatic heterocycles. The van der Waals surface area contributed by atoms with E-state index in [9.17, 15) is 4.79 Å². The van der Waals surface area contributed by atoms with Crippen molar-refractivity contribution in [3.8, 4) is 0 Å². The monoisotopic (exact) mass is 239 g/mol. The van der Waals surface area contributed by atoms with Gasteiger partial charge in [-0.25, -0.2) is 0 Å². The minimum Gasteiger partial charge on any atom is -0.355 e. The SMILES string of the molecule is CCC(C)C(N)C(=O)NCCCn1ccnn1. The lowest BCUT2D eigenvalue weighted by Gasteiger charge is -2.17. The van der Waals surface area contributed by atoms with Crippen LogP contribution >= 0.6 is 0 Å². The second-order valence-electron chi connectivity index (χ2n) is 4.22. The minimum atomic E-state index is -0.411. The number of rotatable bonds is 7. The maximum Gasteiger partial charge on any atom is 0.237 e. The normalized spacial score (nSPS) is 14.3. The van der Waals surface area contributed by atoms with Crippen LogP contribution in [-0.4, -0.2) is 33.5 Å². The highest BCUT2D eigenvalue weighted by Gasteiger charge is 2.18. The predicted octanol–water partition coefficient (Wildman–Crippen LogP) is 0.158. The van der Waals surface area contributed by atoms with Crippen LogP contribution < -0.4 is 11.1 Å². The van der Waals surface area contributed by atoms with Gasteiger partial charge in [0.05, 0.1) is 12.2 Å². The Balaban J connectivity index is 2.16. The van der Waals surface area contributed by atoms with Crippen LogP contribution in [0, 0.1) is 5.92 Å². The molecule has 0 bridgehead atoms. The van der Waals surface area contributed by atoms with Crippen molar-refractivity contribution >= 4 is 5.91 Å². The van der Waals surface area contributed by atoms with E-state index in [2.05, 4.69) is 15.6 Å². The number of hydrogen-bond acceptors (Lipinski definition) is 4. The zero-order valence-corrected chi connectivity index (χ0v) is 10.5. The first-order valence-electron chi connectivity index (χ1n) is 6.02. The van der Waals surface area contributed by atoms with Crippen LogP contribution in [0.4, 0.5) is 0 Å². The Morgan fingerprint density at radius 3 is 2.94 bits per heavy atom. The van der Waals surface area contributed by atoms with Crippen LogP contribution in [0.5, 0.6) is 0 Å². The molecular formula is C11H21N5O. The number of nitrogens with two attached hydrogens (primary N) is 1. The Kier molecular flexibility index (Phi) is 5.62. The third kappa shape index (κ3) is 4.52. The van der Waals surface area contributed by atoms with Crippen LogP contribution in [0.25, 0.3) is 0 Å². The summed E-state index contributed by atoms with van der Waals surface area (Å²) in [5, 5.41) is 10.4. The molecule has 1 aromatic rings. The molecule has 0 fully saturated rings. The molecule has 0 radical (unpaired) electrons. The quantitative estimate of drug-likeness (QED) is 0.664. The van der Waals surface area contributed by atoms with Gasteiger partial charge >= 0.3 is 0 Å². The molecule has 0 aromatic carbocycles. The van der Waals surface area contributed by atoms with Crippen LogP contribution in [0.15, 0.2) is 12.4 Å². The summed E-state index contributed by atoms with van der Waals surface area (Å²) in [4.78, 5) is 11.6. The van der Waals surface area contributed by atoms with Gasteiger partial charge in [-0.15, -0.1) is 5.10 Å². The summed E-state index contributed by atoms with van der Waals surface area (Å²) in [6, 6.07) is -0.411. The molecule has 0 saturated heterocycles. The zero-order valence-electron chi connectivity index (χ0n) is 10.5. The molecule has 1 heterocycles. The first kappa shape index (κ1) is 13.6. The molecule has 17 heavy (non-hydrogen) atoms. The van der Waals surface area contributed by atoms with E-state index in [1.807, 2.05) is 13.8 Å². The van der Waals surface area contributed by atoms with Crippen molar-refractivity contribution in [2.45, 2.75) is 39.3 Å². The summed E-state index contributed by atoms with van der Waals surface area (Å²) in [5.41, 5.74) is 5.81. The summed E-state index contributed by atoms with van der Waals surface area (Å²) in [6.07, 6.45) is 5.17. The standard InChI is InChI=1S/C11H21N5O/c1-3-9(2)10(12)11(17)13-5-4-7-16-8-6-14-15-16/h6,8-10H,3-5,7,12H2,1-2H3,(H,13,17). The van der Waals surface area contributed by atoms with Gasteiger partial charge in [0.1, 0.15) is 0 Å². The fourth-order valence-corrected chi connectivity index (χ4v) is 1.43. The predicted molar refractivity (Wildman–Crippen MR) is 65.1 cm³/mol. The molecule has 2 atom stereocenters. The van der Waals surface area contributed by atoms with Gasteiger partial charge in [0.2, 0.25) is 5.91 Å². The number of amides is 1.